The lowest BCUT2D eigenvalue weighted by atomic mass is 10.0. The van der Waals surface area contributed by atoms with Crippen molar-refractivity contribution >= 4 is 5.91 Å². The first-order chi connectivity index (χ1) is 7.59. The van der Waals surface area contributed by atoms with Gasteiger partial charge in [-0.1, -0.05) is 12.2 Å². The third kappa shape index (κ3) is 2.62. The molecule has 0 saturated carbocycles. The number of nitrogens with two attached hydrogens (primary N) is 1. The molecule has 1 saturated heterocycles. The lowest BCUT2D eigenvalue weighted by Gasteiger charge is -2.24. The summed E-state index contributed by atoms with van der Waals surface area (Å²) in [4.78, 5) is 11.8. The number of ether oxygens (including phenoxy) is 1. The number of hydrogen-bond donors (Lipinski definition) is 2. The second kappa shape index (κ2) is 4.55. The molecule has 4 nitrogen and oxygen atoms in total. The van der Waals surface area contributed by atoms with Crippen LogP contribution in [-0.4, -0.2) is 30.7 Å². The smallest absolute Gasteiger partial charge is 0.227 e. The van der Waals surface area contributed by atoms with Crippen LogP contribution in [0.5, 0.6) is 0 Å². The first-order valence-electron chi connectivity index (χ1n) is 5.95. The highest BCUT2D eigenvalue weighted by Crippen LogP contribution is 2.24. The molecule has 1 aliphatic heterocycles. The third-order valence-electron chi connectivity index (χ3n) is 3.39. The first kappa shape index (κ1) is 11.6. The topological polar surface area (TPSA) is 64.4 Å². The molecule has 1 heterocycles. The molecule has 2 aliphatic rings. The lowest BCUT2D eigenvalue weighted by Crippen LogP contribution is -2.42. The van der Waals surface area contributed by atoms with Crippen molar-refractivity contribution in [1.29, 1.82) is 0 Å². The molecule has 1 fully saturated rings. The fraction of sp³-hybridized carbons (Fsp3) is 0.750. The molecule has 0 aromatic rings. The Balaban J connectivity index is 1.77. The van der Waals surface area contributed by atoms with Gasteiger partial charge in [0.2, 0.25) is 5.91 Å². The number of carbonyl (C=O) groups excluding carboxylic acids is 1. The average molecular weight is 224 g/mol. The van der Waals surface area contributed by atoms with E-state index in [2.05, 4.69) is 12.2 Å². The third-order valence-corrected chi connectivity index (χ3v) is 3.39. The molecule has 3 atom stereocenters. The predicted molar refractivity (Wildman–Crippen MR) is 61.8 cm³/mol. The Bertz CT molecular complexity index is 295. The molecule has 4 heteroatoms. The molecule has 0 radical (unpaired) electrons. The van der Waals surface area contributed by atoms with E-state index in [0.29, 0.717) is 6.54 Å². The zero-order valence-electron chi connectivity index (χ0n) is 9.74. The molecule has 16 heavy (non-hydrogen) atoms. The molecular formula is C12H20N2O2. The van der Waals surface area contributed by atoms with Gasteiger partial charge in [-0.2, -0.15) is 0 Å². The number of carbonyl (C=O) groups is 1. The van der Waals surface area contributed by atoms with Gasteiger partial charge in [0, 0.05) is 19.2 Å². The second-order valence-electron chi connectivity index (χ2n) is 5.01. The fourth-order valence-electron chi connectivity index (χ4n) is 2.30. The van der Waals surface area contributed by atoms with Crippen LogP contribution < -0.4 is 11.1 Å². The van der Waals surface area contributed by atoms with Crippen molar-refractivity contribution in [3.05, 3.63) is 12.2 Å². The molecule has 90 valence electrons. The molecule has 0 aromatic carbocycles. The predicted octanol–water partition coefficient (Wildman–Crippen LogP) is 0.575. The minimum atomic E-state index is -0.167. The summed E-state index contributed by atoms with van der Waals surface area (Å²) in [6, 6.07) is 0.0362. The second-order valence-corrected chi connectivity index (χ2v) is 5.01. The summed E-state index contributed by atoms with van der Waals surface area (Å²) in [6.45, 7) is 3.46. The fourth-order valence-corrected chi connectivity index (χ4v) is 2.30. The van der Waals surface area contributed by atoms with E-state index in [9.17, 15) is 4.79 Å². The first-order valence-corrected chi connectivity index (χ1v) is 5.95. The van der Waals surface area contributed by atoms with Crippen molar-refractivity contribution < 1.29 is 9.53 Å². The molecule has 3 unspecified atom stereocenters. The summed E-state index contributed by atoms with van der Waals surface area (Å²) in [6.07, 6.45) is 6.63. The zero-order valence-corrected chi connectivity index (χ0v) is 9.74. The maximum atomic E-state index is 11.8. The van der Waals surface area contributed by atoms with E-state index < -0.39 is 0 Å². The van der Waals surface area contributed by atoms with Crippen LogP contribution >= 0.6 is 0 Å². The Morgan fingerprint density at radius 1 is 1.62 bits per heavy atom. The molecule has 1 amide bonds. The Labute approximate surface area is 96.2 Å². The normalized spacial score (nSPS) is 37.9. The monoisotopic (exact) mass is 224 g/mol. The summed E-state index contributed by atoms with van der Waals surface area (Å²) < 4.78 is 5.62. The Morgan fingerprint density at radius 2 is 2.44 bits per heavy atom. The van der Waals surface area contributed by atoms with Gasteiger partial charge in [-0.05, 0) is 26.2 Å². The van der Waals surface area contributed by atoms with E-state index >= 15 is 0 Å². The molecular weight excluding hydrogens is 204 g/mol. The van der Waals surface area contributed by atoms with Crippen LogP contribution in [0.15, 0.2) is 12.2 Å². The van der Waals surface area contributed by atoms with Gasteiger partial charge in [-0.3, -0.25) is 4.79 Å². The standard InChI is InChI=1S/C12H20N2O2/c1-12(5-2-6-16-12)8-14-11(15)9-3-4-10(13)7-9/h3-4,9-10H,2,5-8,13H2,1H3,(H,14,15). The number of rotatable bonds is 3. The van der Waals surface area contributed by atoms with Crippen molar-refractivity contribution in [1.82, 2.24) is 5.32 Å². The number of hydrogen-bond acceptors (Lipinski definition) is 3. The van der Waals surface area contributed by atoms with Crippen LogP contribution in [0, 0.1) is 5.92 Å². The molecule has 0 bridgehead atoms. The number of amides is 1. The van der Waals surface area contributed by atoms with Crippen LogP contribution in [-0.2, 0) is 9.53 Å². The molecule has 0 spiro atoms. The Hall–Kier alpha value is -0.870. The van der Waals surface area contributed by atoms with Crippen LogP contribution in [0.2, 0.25) is 0 Å². The van der Waals surface area contributed by atoms with E-state index in [1.807, 2.05) is 12.2 Å². The quantitative estimate of drug-likeness (QED) is 0.689. The van der Waals surface area contributed by atoms with Gasteiger partial charge in [-0.15, -0.1) is 0 Å². The largest absolute Gasteiger partial charge is 0.373 e. The minimum absolute atomic E-state index is 0.0362. The van der Waals surface area contributed by atoms with E-state index in [1.165, 1.54) is 0 Å². The van der Waals surface area contributed by atoms with Crippen LogP contribution in [0.3, 0.4) is 0 Å². The highest BCUT2D eigenvalue weighted by atomic mass is 16.5. The van der Waals surface area contributed by atoms with E-state index in [0.717, 1.165) is 25.9 Å². The van der Waals surface area contributed by atoms with Crippen molar-refractivity contribution in [2.45, 2.75) is 37.8 Å². The number of nitrogens with one attached hydrogen (secondary N) is 1. The summed E-state index contributed by atoms with van der Waals surface area (Å²) >= 11 is 0. The van der Waals surface area contributed by atoms with Gasteiger partial charge in [-0.25, -0.2) is 0 Å². The molecule has 2 rings (SSSR count). The SMILES string of the molecule is CC1(CNC(=O)C2C=CC(N)C2)CCCO1. The Kier molecular flexibility index (Phi) is 3.30. The van der Waals surface area contributed by atoms with Gasteiger partial charge in [0.15, 0.2) is 0 Å². The molecule has 1 aliphatic carbocycles. The highest BCUT2D eigenvalue weighted by Gasteiger charge is 2.31. The lowest BCUT2D eigenvalue weighted by molar-refractivity contribution is -0.124. The van der Waals surface area contributed by atoms with Crippen molar-refractivity contribution in [3.63, 3.8) is 0 Å². The minimum Gasteiger partial charge on any atom is -0.373 e. The highest BCUT2D eigenvalue weighted by molar-refractivity contribution is 5.81. The van der Waals surface area contributed by atoms with Crippen molar-refractivity contribution in [2.24, 2.45) is 11.7 Å². The maximum absolute atomic E-state index is 11.8. The Morgan fingerprint density at radius 3 is 3.00 bits per heavy atom. The van der Waals surface area contributed by atoms with Crippen molar-refractivity contribution in [2.75, 3.05) is 13.2 Å². The summed E-state index contributed by atoms with van der Waals surface area (Å²) in [5, 5.41) is 2.96. The summed E-state index contributed by atoms with van der Waals surface area (Å²) in [5.74, 6) is 0.0147. The van der Waals surface area contributed by atoms with Gasteiger partial charge in [0.1, 0.15) is 0 Å². The summed E-state index contributed by atoms with van der Waals surface area (Å²) in [7, 11) is 0. The van der Waals surface area contributed by atoms with Crippen molar-refractivity contribution in [3.8, 4) is 0 Å². The molecule has 0 aromatic heterocycles. The summed E-state index contributed by atoms with van der Waals surface area (Å²) in [5.41, 5.74) is 5.55. The van der Waals surface area contributed by atoms with Crippen LogP contribution in [0.1, 0.15) is 26.2 Å². The van der Waals surface area contributed by atoms with Crippen LogP contribution in [0.4, 0.5) is 0 Å². The van der Waals surface area contributed by atoms with Gasteiger partial charge in [0.25, 0.3) is 0 Å². The van der Waals surface area contributed by atoms with Gasteiger partial charge < -0.3 is 15.8 Å². The zero-order chi connectivity index (χ0) is 11.6. The van der Waals surface area contributed by atoms with E-state index in [-0.39, 0.29) is 23.5 Å². The van der Waals surface area contributed by atoms with E-state index in [4.69, 9.17) is 10.5 Å². The average Bonchev–Trinajstić information content (AvgIpc) is 2.85. The molecule has 3 N–H and O–H groups in total. The van der Waals surface area contributed by atoms with Gasteiger partial charge in [0.05, 0.1) is 11.5 Å². The van der Waals surface area contributed by atoms with Crippen LogP contribution in [0.25, 0.3) is 0 Å². The van der Waals surface area contributed by atoms with Gasteiger partial charge >= 0.3 is 0 Å². The van der Waals surface area contributed by atoms with E-state index in [1.54, 1.807) is 0 Å². The maximum Gasteiger partial charge on any atom is 0.227 e.